The number of carbonyl (C=O) groups excluding carboxylic acids is 1. The second-order valence-electron chi connectivity index (χ2n) is 6.25. The largest absolute Gasteiger partial charge is 0.506 e. The van der Waals surface area contributed by atoms with Crippen LogP contribution in [0.2, 0.25) is 5.02 Å². The molecule has 0 fully saturated rings. The number of allylic oxidation sites excluding steroid dienone is 6. The van der Waals surface area contributed by atoms with Gasteiger partial charge in [-0.05, 0) is 59.0 Å². The standard InChI is InChI=1S/C22H16Cl2O4S/c1-2-5-14-10-15(12-18(24)22(14)26)21(13-8-9-19(25)17(23)11-13)16-6-3-4-7-20(16)29(27)28/h2-4,6-12,26,29H,1,5H2/b21-13-. The fourth-order valence-electron chi connectivity index (χ4n) is 3.09. The lowest BCUT2D eigenvalue weighted by atomic mass is 9.89. The third kappa shape index (κ3) is 4.37. The van der Waals surface area contributed by atoms with Crippen molar-refractivity contribution in [1.82, 2.24) is 0 Å². The van der Waals surface area contributed by atoms with E-state index < -0.39 is 10.7 Å². The Morgan fingerprint density at radius 3 is 2.52 bits per heavy atom. The van der Waals surface area contributed by atoms with Gasteiger partial charge in [0.15, 0.2) is 16.5 Å². The summed E-state index contributed by atoms with van der Waals surface area (Å²) in [6, 6.07) is 9.77. The summed E-state index contributed by atoms with van der Waals surface area (Å²) in [5.41, 5.74) is 2.61. The molecule has 1 aliphatic rings. The van der Waals surface area contributed by atoms with Crippen LogP contribution in [0.5, 0.6) is 5.75 Å². The van der Waals surface area contributed by atoms with Crippen molar-refractivity contribution < 1.29 is 18.3 Å². The highest BCUT2D eigenvalue weighted by Gasteiger charge is 2.20. The van der Waals surface area contributed by atoms with Gasteiger partial charge in [-0.2, -0.15) is 0 Å². The molecule has 0 amide bonds. The number of hydrogen-bond acceptors (Lipinski definition) is 4. The smallest absolute Gasteiger partial charge is 0.197 e. The van der Waals surface area contributed by atoms with E-state index in [4.69, 9.17) is 23.2 Å². The summed E-state index contributed by atoms with van der Waals surface area (Å²) in [5.74, 6) is -0.403. The molecule has 0 aromatic heterocycles. The van der Waals surface area contributed by atoms with Crippen LogP contribution in [0, 0.1) is 0 Å². The van der Waals surface area contributed by atoms with E-state index >= 15 is 0 Å². The van der Waals surface area contributed by atoms with E-state index in [1.54, 1.807) is 42.5 Å². The molecule has 7 heteroatoms. The van der Waals surface area contributed by atoms with Gasteiger partial charge in [-0.15, -0.1) is 6.58 Å². The molecule has 0 unspecified atom stereocenters. The third-order valence-electron chi connectivity index (χ3n) is 4.39. The Morgan fingerprint density at radius 2 is 1.86 bits per heavy atom. The second-order valence-corrected chi connectivity index (χ2v) is 8.06. The van der Waals surface area contributed by atoms with Gasteiger partial charge < -0.3 is 5.11 Å². The normalized spacial score (nSPS) is 15.4. The Balaban J connectivity index is 2.40. The van der Waals surface area contributed by atoms with Crippen LogP contribution in [0.3, 0.4) is 0 Å². The van der Waals surface area contributed by atoms with E-state index in [-0.39, 0.29) is 26.5 Å². The maximum Gasteiger partial charge on any atom is 0.197 e. The molecule has 3 rings (SSSR count). The van der Waals surface area contributed by atoms with E-state index in [2.05, 4.69) is 6.58 Å². The van der Waals surface area contributed by atoms with Gasteiger partial charge in [0.2, 0.25) is 0 Å². The van der Waals surface area contributed by atoms with E-state index in [1.165, 1.54) is 18.2 Å². The lowest BCUT2D eigenvalue weighted by Crippen LogP contribution is -2.03. The molecule has 4 nitrogen and oxygen atoms in total. The molecule has 0 aliphatic heterocycles. The second kappa shape index (κ2) is 8.82. The number of rotatable bonds is 5. The fourth-order valence-corrected chi connectivity index (χ4v) is 4.10. The number of phenolic OH excluding ortho intramolecular Hbond substituents is 1. The van der Waals surface area contributed by atoms with Gasteiger partial charge >= 0.3 is 0 Å². The van der Waals surface area contributed by atoms with Crippen LogP contribution in [-0.2, 0) is 21.9 Å². The molecule has 148 valence electrons. The van der Waals surface area contributed by atoms with E-state index in [1.807, 2.05) is 0 Å². The number of carbonyl (C=O) groups is 1. The molecule has 0 atom stereocenters. The molecular weight excluding hydrogens is 431 g/mol. The van der Waals surface area contributed by atoms with Crippen molar-refractivity contribution in [2.45, 2.75) is 11.3 Å². The minimum Gasteiger partial charge on any atom is -0.506 e. The summed E-state index contributed by atoms with van der Waals surface area (Å²) < 4.78 is 23.7. The van der Waals surface area contributed by atoms with Crippen molar-refractivity contribution in [2.24, 2.45) is 0 Å². The Hall–Kier alpha value is -2.60. The Labute approximate surface area is 180 Å². The summed E-state index contributed by atoms with van der Waals surface area (Å²) in [7, 11) is -2.89. The SMILES string of the molecule is C=CCc1cc(/C(=C2\C=CC(=O)C(Cl)=C2)c2ccccc2[SH](=O)=O)cc(Cl)c1O. The van der Waals surface area contributed by atoms with Crippen molar-refractivity contribution in [1.29, 1.82) is 0 Å². The van der Waals surface area contributed by atoms with Crippen molar-refractivity contribution in [3.05, 3.63) is 99.6 Å². The molecule has 0 radical (unpaired) electrons. The molecule has 0 saturated heterocycles. The highest BCUT2D eigenvalue weighted by Crippen LogP contribution is 2.38. The average Bonchev–Trinajstić information content (AvgIpc) is 2.69. The zero-order valence-electron chi connectivity index (χ0n) is 15.1. The predicted molar refractivity (Wildman–Crippen MR) is 116 cm³/mol. The maximum absolute atomic E-state index is 11.9. The van der Waals surface area contributed by atoms with Crippen LogP contribution < -0.4 is 0 Å². The lowest BCUT2D eigenvalue weighted by Gasteiger charge is -2.17. The molecule has 0 spiro atoms. The zero-order valence-corrected chi connectivity index (χ0v) is 17.5. The van der Waals surface area contributed by atoms with Gasteiger partial charge in [-0.3, -0.25) is 4.79 Å². The van der Waals surface area contributed by atoms with Gasteiger partial charge in [0, 0.05) is 5.56 Å². The van der Waals surface area contributed by atoms with Gasteiger partial charge in [0.1, 0.15) is 5.75 Å². The molecule has 0 bridgehead atoms. The molecule has 0 saturated carbocycles. The molecule has 1 aliphatic carbocycles. The zero-order chi connectivity index (χ0) is 21.1. The fraction of sp³-hybridized carbons (Fsp3) is 0.0455. The Morgan fingerprint density at radius 1 is 1.14 bits per heavy atom. The minimum atomic E-state index is -2.89. The number of ketones is 1. The quantitative estimate of drug-likeness (QED) is 0.510. The number of hydrogen-bond donors (Lipinski definition) is 2. The summed E-state index contributed by atoms with van der Waals surface area (Å²) in [5, 5.41) is 10.4. The molecule has 2 aromatic carbocycles. The first-order valence-corrected chi connectivity index (χ1v) is 10.5. The summed E-state index contributed by atoms with van der Waals surface area (Å²) in [4.78, 5) is 11.9. The van der Waals surface area contributed by atoms with E-state index in [0.29, 0.717) is 34.3 Å². The van der Waals surface area contributed by atoms with Crippen LogP contribution in [0.25, 0.3) is 5.57 Å². The van der Waals surface area contributed by atoms with Crippen molar-refractivity contribution >= 4 is 45.3 Å². The van der Waals surface area contributed by atoms with Crippen LogP contribution in [0.15, 0.2) is 82.8 Å². The number of benzene rings is 2. The van der Waals surface area contributed by atoms with Gasteiger partial charge in [-0.25, -0.2) is 8.42 Å². The summed E-state index contributed by atoms with van der Waals surface area (Å²) >= 11 is 12.3. The predicted octanol–water partition coefficient (Wildman–Crippen LogP) is 4.81. The van der Waals surface area contributed by atoms with Gasteiger partial charge in [-0.1, -0.05) is 53.6 Å². The Bertz CT molecular complexity index is 1180. The first-order chi connectivity index (χ1) is 13.8. The topological polar surface area (TPSA) is 71.4 Å². The monoisotopic (exact) mass is 446 g/mol. The minimum absolute atomic E-state index is 0.0141. The number of halogens is 2. The number of thiol groups is 1. The Kier molecular flexibility index (Phi) is 6.42. The maximum atomic E-state index is 11.9. The molecule has 1 N–H and O–H groups in total. The highest BCUT2D eigenvalue weighted by atomic mass is 35.5. The van der Waals surface area contributed by atoms with Crippen LogP contribution >= 0.6 is 23.2 Å². The van der Waals surface area contributed by atoms with Gasteiger partial charge in [0.05, 0.1) is 15.0 Å². The molecule has 2 aromatic rings. The lowest BCUT2D eigenvalue weighted by molar-refractivity contribution is -0.110. The summed E-state index contributed by atoms with van der Waals surface area (Å²) in [6.07, 6.45) is 6.38. The number of phenols is 1. The van der Waals surface area contributed by atoms with E-state index in [9.17, 15) is 18.3 Å². The molecule has 0 heterocycles. The van der Waals surface area contributed by atoms with Gasteiger partial charge in [0.25, 0.3) is 0 Å². The highest BCUT2D eigenvalue weighted by molar-refractivity contribution is 7.72. The molecule has 29 heavy (non-hydrogen) atoms. The van der Waals surface area contributed by atoms with Crippen LogP contribution in [0.1, 0.15) is 16.7 Å². The van der Waals surface area contributed by atoms with Crippen molar-refractivity contribution in [2.75, 3.05) is 0 Å². The van der Waals surface area contributed by atoms with Crippen molar-refractivity contribution in [3.63, 3.8) is 0 Å². The van der Waals surface area contributed by atoms with Crippen LogP contribution in [-0.4, -0.2) is 19.3 Å². The molecular formula is C22H16Cl2O4S. The first-order valence-electron chi connectivity index (χ1n) is 8.53. The average molecular weight is 447 g/mol. The van der Waals surface area contributed by atoms with Crippen molar-refractivity contribution in [3.8, 4) is 5.75 Å². The first kappa shape index (κ1) is 21.1. The van der Waals surface area contributed by atoms with E-state index in [0.717, 1.165) is 0 Å². The number of aromatic hydroxyl groups is 1. The third-order valence-corrected chi connectivity index (χ3v) is 5.75. The summed E-state index contributed by atoms with van der Waals surface area (Å²) in [6.45, 7) is 3.68. The van der Waals surface area contributed by atoms with Crippen LogP contribution in [0.4, 0.5) is 0 Å².